The lowest BCUT2D eigenvalue weighted by molar-refractivity contribution is -0.149. The van der Waals surface area contributed by atoms with E-state index in [-0.39, 0.29) is 18.3 Å². The van der Waals surface area contributed by atoms with Crippen molar-refractivity contribution in [3.63, 3.8) is 0 Å². The van der Waals surface area contributed by atoms with Crippen LogP contribution in [0.1, 0.15) is 43.2 Å². The molecule has 0 bridgehead atoms. The SMILES string of the molecule is NC(CCCCB(O)O)(C(=O)O)C1CC(N(Cc2ccccc2)Cc2ccccc2)C1. The summed E-state index contributed by atoms with van der Waals surface area (Å²) < 4.78 is 0. The Morgan fingerprint density at radius 1 is 0.968 bits per heavy atom. The van der Waals surface area contributed by atoms with Crippen molar-refractivity contribution < 1.29 is 19.9 Å². The second kappa shape index (κ2) is 10.9. The van der Waals surface area contributed by atoms with Crippen molar-refractivity contribution >= 4 is 13.1 Å². The van der Waals surface area contributed by atoms with E-state index in [0.29, 0.717) is 19.3 Å². The Morgan fingerprint density at radius 2 is 1.48 bits per heavy atom. The second-order valence-electron chi connectivity index (χ2n) is 8.77. The lowest BCUT2D eigenvalue weighted by Crippen LogP contribution is -2.61. The van der Waals surface area contributed by atoms with Crippen LogP contribution < -0.4 is 5.73 Å². The first-order chi connectivity index (χ1) is 14.9. The quantitative estimate of drug-likeness (QED) is 0.308. The number of benzene rings is 2. The van der Waals surface area contributed by atoms with Crippen LogP contribution in [0.5, 0.6) is 0 Å². The third-order valence-electron chi connectivity index (χ3n) is 6.52. The summed E-state index contributed by atoms with van der Waals surface area (Å²) in [6.07, 6.45) is 3.22. The topological polar surface area (TPSA) is 107 Å². The smallest absolute Gasteiger partial charge is 0.451 e. The maximum atomic E-state index is 12.0. The van der Waals surface area contributed by atoms with Gasteiger partial charge in [0.25, 0.3) is 0 Å². The van der Waals surface area contributed by atoms with Gasteiger partial charge in [0.2, 0.25) is 0 Å². The Labute approximate surface area is 184 Å². The normalized spacial score (nSPS) is 20.1. The van der Waals surface area contributed by atoms with E-state index in [2.05, 4.69) is 29.2 Å². The van der Waals surface area contributed by atoms with Crippen LogP contribution in [-0.4, -0.2) is 44.7 Å². The minimum atomic E-state index is -1.35. The van der Waals surface area contributed by atoms with E-state index in [0.717, 1.165) is 25.9 Å². The van der Waals surface area contributed by atoms with Gasteiger partial charge in [-0.3, -0.25) is 9.69 Å². The Morgan fingerprint density at radius 3 is 1.94 bits per heavy atom. The molecular weight excluding hydrogens is 391 g/mol. The van der Waals surface area contributed by atoms with Gasteiger partial charge in [-0.15, -0.1) is 0 Å². The maximum Gasteiger partial charge on any atom is 0.451 e. The highest BCUT2D eigenvalue weighted by atomic mass is 16.4. The van der Waals surface area contributed by atoms with Crippen molar-refractivity contribution in [3.8, 4) is 0 Å². The number of hydrogen-bond donors (Lipinski definition) is 4. The summed E-state index contributed by atoms with van der Waals surface area (Å²) in [5.74, 6) is -1.04. The van der Waals surface area contributed by atoms with E-state index in [1.807, 2.05) is 36.4 Å². The number of carboxylic acids is 1. The molecule has 1 unspecified atom stereocenters. The average Bonchev–Trinajstić information content (AvgIpc) is 2.71. The predicted octanol–water partition coefficient (Wildman–Crippen LogP) is 2.89. The fourth-order valence-corrected chi connectivity index (χ4v) is 4.49. The summed E-state index contributed by atoms with van der Waals surface area (Å²) in [4.78, 5) is 14.4. The Bertz CT molecular complexity index is 773. The van der Waals surface area contributed by atoms with Crippen LogP contribution in [0.2, 0.25) is 6.32 Å². The molecule has 6 nitrogen and oxygen atoms in total. The number of unbranched alkanes of at least 4 members (excludes halogenated alkanes) is 1. The molecule has 1 fully saturated rings. The molecule has 1 saturated carbocycles. The van der Waals surface area contributed by atoms with Gasteiger partial charge in [-0.2, -0.15) is 0 Å². The molecule has 0 aliphatic heterocycles. The molecule has 5 N–H and O–H groups in total. The largest absolute Gasteiger partial charge is 0.480 e. The zero-order chi connectivity index (χ0) is 22.3. The van der Waals surface area contributed by atoms with Crippen LogP contribution >= 0.6 is 0 Å². The highest BCUT2D eigenvalue weighted by Gasteiger charge is 2.49. The van der Waals surface area contributed by atoms with Crippen LogP contribution in [0, 0.1) is 5.92 Å². The zero-order valence-corrected chi connectivity index (χ0v) is 17.9. The van der Waals surface area contributed by atoms with E-state index >= 15 is 0 Å². The van der Waals surface area contributed by atoms with Crippen LogP contribution in [-0.2, 0) is 17.9 Å². The van der Waals surface area contributed by atoms with E-state index in [1.165, 1.54) is 11.1 Å². The number of nitrogens with two attached hydrogens (primary N) is 1. The third-order valence-corrected chi connectivity index (χ3v) is 6.52. The molecule has 0 aromatic heterocycles. The van der Waals surface area contributed by atoms with E-state index in [1.54, 1.807) is 0 Å². The third kappa shape index (κ3) is 6.40. The molecule has 0 spiro atoms. The fourth-order valence-electron chi connectivity index (χ4n) is 4.49. The summed E-state index contributed by atoms with van der Waals surface area (Å²) >= 11 is 0. The van der Waals surface area contributed by atoms with Gasteiger partial charge in [0, 0.05) is 19.1 Å². The first-order valence-electron chi connectivity index (χ1n) is 11.1. The molecule has 1 atom stereocenters. The van der Waals surface area contributed by atoms with Gasteiger partial charge in [0.1, 0.15) is 5.54 Å². The van der Waals surface area contributed by atoms with Crippen molar-refractivity contribution in [1.29, 1.82) is 0 Å². The van der Waals surface area contributed by atoms with Crippen molar-refractivity contribution in [2.24, 2.45) is 11.7 Å². The molecule has 2 aromatic carbocycles. The lowest BCUT2D eigenvalue weighted by Gasteiger charge is -2.49. The summed E-state index contributed by atoms with van der Waals surface area (Å²) in [5.41, 5.74) is 7.60. The van der Waals surface area contributed by atoms with Gasteiger partial charge in [0.05, 0.1) is 0 Å². The number of nitrogens with zero attached hydrogens (tertiary/aromatic N) is 1. The molecule has 31 heavy (non-hydrogen) atoms. The summed E-state index contributed by atoms with van der Waals surface area (Å²) in [7, 11) is -1.35. The van der Waals surface area contributed by atoms with Gasteiger partial charge in [0.15, 0.2) is 0 Å². The Hall–Kier alpha value is -2.19. The van der Waals surface area contributed by atoms with Crippen LogP contribution in [0.4, 0.5) is 0 Å². The Kier molecular flexibility index (Phi) is 8.26. The van der Waals surface area contributed by atoms with Gasteiger partial charge >= 0.3 is 13.1 Å². The highest BCUT2D eigenvalue weighted by molar-refractivity contribution is 6.40. The van der Waals surface area contributed by atoms with E-state index in [4.69, 9.17) is 15.8 Å². The molecule has 1 aliphatic carbocycles. The first-order valence-corrected chi connectivity index (χ1v) is 11.1. The van der Waals surface area contributed by atoms with Gasteiger partial charge < -0.3 is 20.9 Å². The average molecular weight is 424 g/mol. The number of carbonyl (C=O) groups is 1. The molecule has 166 valence electrons. The molecule has 3 rings (SSSR count). The molecule has 0 radical (unpaired) electrons. The maximum absolute atomic E-state index is 12.0. The minimum Gasteiger partial charge on any atom is -0.480 e. The van der Waals surface area contributed by atoms with Crippen LogP contribution in [0.25, 0.3) is 0 Å². The zero-order valence-electron chi connectivity index (χ0n) is 17.9. The molecule has 2 aromatic rings. The standard InChI is InChI=1S/C24H33BN2O4/c26-24(23(28)29,13-7-8-14-25(30)31)21-15-22(16-21)27(17-19-9-3-1-4-10-19)18-20-11-5-2-6-12-20/h1-6,9-12,21-22,30-31H,7-8,13-18,26H2,(H,28,29). The minimum absolute atomic E-state index is 0.0805. The number of hydrogen-bond acceptors (Lipinski definition) is 5. The molecule has 7 heteroatoms. The fraction of sp³-hybridized carbons (Fsp3) is 0.458. The molecule has 0 amide bonds. The van der Waals surface area contributed by atoms with Gasteiger partial charge in [-0.05, 0) is 42.6 Å². The van der Waals surface area contributed by atoms with Crippen molar-refractivity contribution in [2.45, 2.75) is 63.1 Å². The van der Waals surface area contributed by atoms with Crippen molar-refractivity contribution in [1.82, 2.24) is 4.90 Å². The van der Waals surface area contributed by atoms with E-state index in [9.17, 15) is 9.90 Å². The number of rotatable bonds is 12. The predicted molar refractivity (Wildman–Crippen MR) is 122 cm³/mol. The van der Waals surface area contributed by atoms with Crippen molar-refractivity contribution in [3.05, 3.63) is 71.8 Å². The number of carboxylic acid groups (broad SMARTS) is 1. The van der Waals surface area contributed by atoms with Gasteiger partial charge in [-0.1, -0.05) is 73.5 Å². The number of aliphatic carboxylic acids is 1. The molecule has 0 saturated heterocycles. The molecular formula is C24H33BN2O4. The highest BCUT2D eigenvalue weighted by Crippen LogP contribution is 2.41. The summed E-state index contributed by atoms with van der Waals surface area (Å²) in [5, 5.41) is 27.8. The summed E-state index contributed by atoms with van der Waals surface area (Å²) in [6, 6.07) is 20.9. The lowest BCUT2D eigenvalue weighted by atomic mass is 9.65. The van der Waals surface area contributed by atoms with Gasteiger partial charge in [-0.25, -0.2) is 0 Å². The summed E-state index contributed by atoms with van der Waals surface area (Å²) in [6.45, 7) is 1.62. The molecule has 0 heterocycles. The molecule has 1 aliphatic rings. The first kappa shape index (κ1) is 23.5. The van der Waals surface area contributed by atoms with Crippen LogP contribution in [0.15, 0.2) is 60.7 Å². The monoisotopic (exact) mass is 424 g/mol. The van der Waals surface area contributed by atoms with E-state index < -0.39 is 18.6 Å². The Balaban J connectivity index is 1.64. The second-order valence-corrected chi connectivity index (χ2v) is 8.77. The van der Waals surface area contributed by atoms with Crippen molar-refractivity contribution in [2.75, 3.05) is 0 Å². The van der Waals surface area contributed by atoms with Crippen LogP contribution in [0.3, 0.4) is 0 Å².